The summed E-state index contributed by atoms with van der Waals surface area (Å²) in [6, 6.07) is 15.0. The third-order valence-electron chi connectivity index (χ3n) is 5.86. The van der Waals surface area contributed by atoms with E-state index < -0.39 is 17.2 Å². The highest BCUT2D eigenvalue weighted by molar-refractivity contribution is 6.09. The van der Waals surface area contributed by atoms with Crippen molar-refractivity contribution >= 4 is 28.3 Å². The summed E-state index contributed by atoms with van der Waals surface area (Å²) in [5.74, 6) is -0.0508. The molecule has 0 radical (unpaired) electrons. The molecule has 0 aliphatic carbocycles. The highest BCUT2D eigenvalue weighted by Crippen LogP contribution is 2.44. The van der Waals surface area contributed by atoms with E-state index in [4.69, 9.17) is 0 Å². The van der Waals surface area contributed by atoms with E-state index in [1.807, 2.05) is 43.3 Å². The van der Waals surface area contributed by atoms with E-state index in [0.29, 0.717) is 17.2 Å². The number of rotatable bonds is 2. The first-order valence-corrected chi connectivity index (χ1v) is 9.67. The van der Waals surface area contributed by atoms with Gasteiger partial charge in [0, 0.05) is 36.1 Å². The lowest BCUT2D eigenvalue weighted by Gasteiger charge is -2.27. The first-order chi connectivity index (χ1) is 14.4. The third kappa shape index (κ3) is 2.41. The van der Waals surface area contributed by atoms with E-state index in [-0.39, 0.29) is 11.3 Å². The number of Topliss-reactive ketones (excluding diaryl/α,β-unsaturated/α-hetero) is 1. The molecule has 0 fully saturated rings. The molecule has 4 aromatic rings. The van der Waals surface area contributed by atoms with Gasteiger partial charge in [0.2, 0.25) is 0 Å². The van der Waals surface area contributed by atoms with Crippen LogP contribution < -0.4 is 16.6 Å². The van der Waals surface area contributed by atoms with Crippen molar-refractivity contribution in [2.45, 2.75) is 12.8 Å². The van der Waals surface area contributed by atoms with Gasteiger partial charge < -0.3 is 10.3 Å². The van der Waals surface area contributed by atoms with Crippen molar-refractivity contribution in [1.82, 2.24) is 14.1 Å². The Hall–Kier alpha value is -3.87. The average molecular weight is 400 g/mol. The number of fused-ring (bicyclic) bond motifs is 4. The lowest BCUT2D eigenvalue weighted by molar-refractivity contribution is 0.0973. The summed E-state index contributed by atoms with van der Waals surface area (Å²) < 4.78 is 2.43. The number of hydrogen-bond acceptors (Lipinski definition) is 4. The van der Waals surface area contributed by atoms with Crippen LogP contribution in [0.2, 0.25) is 0 Å². The van der Waals surface area contributed by atoms with Crippen LogP contribution in [0.3, 0.4) is 0 Å². The van der Waals surface area contributed by atoms with Gasteiger partial charge in [-0.05, 0) is 13.0 Å². The number of H-pyrrole nitrogens is 1. The zero-order valence-corrected chi connectivity index (χ0v) is 16.8. The summed E-state index contributed by atoms with van der Waals surface area (Å²) >= 11 is 0. The first-order valence-electron chi connectivity index (χ1n) is 9.67. The van der Waals surface area contributed by atoms with Gasteiger partial charge in [0.05, 0.1) is 11.5 Å². The Morgan fingerprint density at radius 1 is 0.933 bits per heavy atom. The summed E-state index contributed by atoms with van der Waals surface area (Å²) in [6.45, 7) is 1.96. The molecule has 3 heterocycles. The third-order valence-corrected chi connectivity index (χ3v) is 5.86. The molecule has 1 aliphatic rings. The molecular weight excluding hydrogens is 380 g/mol. The van der Waals surface area contributed by atoms with Crippen molar-refractivity contribution in [2.24, 2.45) is 14.1 Å². The number of nitrogens with one attached hydrogen (secondary N) is 2. The van der Waals surface area contributed by atoms with Crippen molar-refractivity contribution < 1.29 is 4.79 Å². The molecule has 0 bridgehead atoms. The monoisotopic (exact) mass is 400 g/mol. The Morgan fingerprint density at radius 3 is 2.37 bits per heavy atom. The molecule has 2 aromatic carbocycles. The van der Waals surface area contributed by atoms with Crippen molar-refractivity contribution in [3.05, 3.63) is 91.6 Å². The predicted molar refractivity (Wildman–Crippen MR) is 116 cm³/mol. The fraction of sp³-hybridized carbons (Fsp3) is 0.174. The van der Waals surface area contributed by atoms with E-state index in [0.717, 1.165) is 26.6 Å². The Labute approximate surface area is 171 Å². The number of aryl methyl sites for hydroxylation is 1. The van der Waals surface area contributed by atoms with Crippen LogP contribution in [0.4, 0.5) is 11.6 Å². The maximum Gasteiger partial charge on any atom is 0.332 e. The Bertz CT molecular complexity index is 1460. The van der Waals surface area contributed by atoms with Crippen LogP contribution in [0.1, 0.15) is 33.0 Å². The zero-order valence-electron chi connectivity index (χ0n) is 16.8. The molecule has 2 N–H and O–H groups in total. The molecule has 7 nitrogen and oxygen atoms in total. The Kier molecular flexibility index (Phi) is 3.83. The van der Waals surface area contributed by atoms with Gasteiger partial charge in [-0.25, -0.2) is 4.79 Å². The summed E-state index contributed by atoms with van der Waals surface area (Å²) in [5, 5.41) is 4.06. The molecule has 0 saturated carbocycles. The summed E-state index contributed by atoms with van der Waals surface area (Å²) in [5.41, 5.74) is 2.50. The van der Waals surface area contributed by atoms with Crippen molar-refractivity contribution in [3.8, 4) is 0 Å². The average Bonchev–Trinajstić information content (AvgIpc) is 3.13. The minimum absolute atomic E-state index is 0.181. The van der Waals surface area contributed by atoms with Gasteiger partial charge in [-0.15, -0.1) is 0 Å². The minimum Gasteiger partial charge on any atom is -0.341 e. The van der Waals surface area contributed by atoms with E-state index in [1.165, 1.54) is 11.6 Å². The van der Waals surface area contributed by atoms with E-state index >= 15 is 0 Å². The number of carbonyl (C=O) groups excluding carboxylic acids is 1. The number of para-hydroxylation sites is 1. The van der Waals surface area contributed by atoms with Crippen LogP contribution in [0, 0.1) is 6.92 Å². The highest BCUT2D eigenvalue weighted by atomic mass is 16.2. The maximum absolute atomic E-state index is 13.8. The molecule has 5 rings (SSSR count). The van der Waals surface area contributed by atoms with Gasteiger partial charge in [-0.1, -0.05) is 48.0 Å². The number of anilines is 2. The van der Waals surface area contributed by atoms with Crippen LogP contribution in [0.25, 0.3) is 10.9 Å². The Balaban J connectivity index is 1.87. The number of nitrogens with zero attached hydrogens (tertiary/aromatic N) is 2. The number of aromatic amines is 1. The van der Waals surface area contributed by atoms with Gasteiger partial charge in [-0.3, -0.25) is 18.7 Å². The van der Waals surface area contributed by atoms with Crippen molar-refractivity contribution in [2.75, 3.05) is 5.32 Å². The highest BCUT2D eigenvalue weighted by Gasteiger charge is 2.38. The first kappa shape index (κ1) is 18.2. The van der Waals surface area contributed by atoms with Gasteiger partial charge in [-0.2, -0.15) is 0 Å². The van der Waals surface area contributed by atoms with Gasteiger partial charge in [0.25, 0.3) is 5.56 Å². The number of ketones is 1. The normalized spacial score (nSPS) is 14.8. The maximum atomic E-state index is 13.8. The fourth-order valence-electron chi connectivity index (χ4n) is 4.25. The SMILES string of the molecule is Cc1ccc(C(=O)C2c3c(n(C)c(=O)n(C)c3=O)Nc3[nH]c4ccccc4c32)cc1. The second-order valence-electron chi connectivity index (χ2n) is 7.72. The molecule has 0 saturated heterocycles. The quantitative estimate of drug-likeness (QED) is 0.507. The lowest BCUT2D eigenvalue weighted by Crippen LogP contribution is -2.43. The minimum atomic E-state index is -0.833. The standard InChI is InChI=1S/C23H20N4O3/c1-12-8-10-13(11-9-12)19(28)17-16-14-6-4-5-7-15(14)24-20(16)25-21-18(17)22(29)27(3)23(30)26(21)2/h4-11,17,24-25H,1-3H3. The largest absolute Gasteiger partial charge is 0.341 e. The molecule has 30 heavy (non-hydrogen) atoms. The van der Waals surface area contributed by atoms with Gasteiger partial charge in [0.15, 0.2) is 5.78 Å². The number of carbonyl (C=O) groups is 1. The molecule has 0 spiro atoms. The Morgan fingerprint density at radius 2 is 1.63 bits per heavy atom. The molecule has 1 unspecified atom stereocenters. The molecule has 2 aromatic heterocycles. The molecule has 150 valence electrons. The molecule has 1 aliphatic heterocycles. The van der Waals surface area contributed by atoms with Gasteiger partial charge >= 0.3 is 5.69 Å². The molecule has 0 amide bonds. The number of benzene rings is 2. The fourth-order valence-corrected chi connectivity index (χ4v) is 4.25. The van der Waals surface area contributed by atoms with Crippen LogP contribution in [-0.2, 0) is 14.1 Å². The summed E-state index contributed by atoms with van der Waals surface area (Å²) in [6.07, 6.45) is 0. The van der Waals surface area contributed by atoms with Crippen molar-refractivity contribution in [3.63, 3.8) is 0 Å². The summed E-state index contributed by atoms with van der Waals surface area (Å²) in [4.78, 5) is 42.8. The predicted octanol–water partition coefficient (Wildman–Crippen LogP) is 2.95. The van der Waals surface area contributed by atoms with Crippen LogP contribution in [-0.4, -0.2) is 19.9 Å². The smallest absolute Gasteiger partial charge is 0.332 e. The summed E-state index contributed by atoms with van der Waals surface area (Å²) in [7, 11) is 3.03. The lowest BCUT2D eigenvalue weighted by atomic mass is 9.82. The van der Waals surface area contributed by atoms with Crippen LogP contribution >= 0.6 is 0 Å². The second-order valence-corrected chi connectivity index (χ2v) is 7.72. The molecular formula is C23H20N4O3. The molecule has 1 atom stereocenters. The van der Waals surface area contributed by atoms with E-state index in [1.54, 1.807) is 19.2 Å². The molecule has 7 heteroatoms. The number of aromatic nitrogens is 3. The van der Waals surface area contributed by atoms with E-state index in [2.05, 4.69) is 10.3 Å². The van der Waals surface area contributed by atoms with E-state index in [9.17, 15) is 14.4 Å². The number of hydrogen-bond donors (Lipinski definition) is 2. The van der Waals surface area contributed by atoms with Crippen LogP contribution in [0.15, 0.2) is 58.1 Å². The topological polar surface area (TPSA) is 88.9 Å². The second kappa shape index (κ2) is 6.32. The van der Waals surface area contributed by atoms with Crippen molar-refractivity contribution in [1.29, 1.82) is 0 Å². The zero-order chi connectivity index (χ0) is 21.2. The van der Waals surface area contributed by atoms with Crippen LogP contribution in [0.5, 0.6) is 0 Å². The van der Waals surface area contributed by atoms with Gasteiger partial charge in [0.1, 0.15) is 11.6 Å².